The first-order valence-electron chi connectivity index (χ1n) is 6.64. The molecule has 104 valence electrons. The minimum atomic E-state index is 0.0183. The standard InChI is InChI=1S/C17H15N3S/c18-17(19)16-14(6-3-9-20-16)11-21-15-8-7-12-4-1-2-5-13(12)10-15/h1-10H,11H2,(H3,18,19). The quantitative estimate of drug-likeness (QED) is 0.437. The summed E-state index contributed by atoms with van der Waals surface area (Å²) in [6.45, 7) is 0. The number of fused-ring (bicyclic) bond motifs is 1. The maximum Gasteiger partial charge on any atom is 0.142 e. The van der Waals surface area contributed by atoms with Crippen molar-refractivity contribution in [2.45, 2.75) is 10.6 Å². The molecule has 3 N–H and O–H groups in total. The number of hydrogen-bond donors (Lipinski definition) is 2. The average molecular weight is 293 g/mol. The summed E-state index contributed by atoms with van der Waals surface area (Å²) in [5.74, 6) is 0.769. The number of rotatable bonds is 4. The van der Waals surface area contributed by atoms with Gasteiger partial charge in [0.1, 0.15) is 11.5 Å². The fourth-order valence-corrected chi connectivity index (χ4v) is 3.15. The molecule has 0 unspecified atom stereocenters. The van der Waals surface area contributed by atoms with Crippen LogP contribution in [0.4, 0.5) is 0 Å². The summed E-state index contributed by atoms with van der Waals surface area (Å²) in [4.78, 5) is 5.38. The SMILES string of the molecule is N=C(N)c1ncccc1CSc1ccc2ccccc2c1. The summed E-state index contributed by atoms with van der Waals surface area (Å²) in [7, 11) is 0. The average Bonchev–Trinajstić information content (AvgIpc) is 2.53. The van der Waals surface area contributed by atoms with E-state index in [1.165, 1.54) is 15.7 Å². The number of amidine groups is 1. The molecule has 0 aliphatic heterocycles. The Morgan fingerprint density at radius 3 is 2.67 bits per heavy atom. The molecule has 0 atom stereocenters. The van der Waals surface area contributed by atoms with Crippen LogP contribution in [-0.4, -0.2) is 10.8 Å². The van der Waals surface area contributed by atoms with Gasteiger partial charge < -0.3 is 5.73 Å². The Morgan fingerprint density at radius 1 is 1.05 bits per heavy atom. The Kier molecular flexibility index (Phi) is 3.88. The first kappa shape index (κ1) is 13.6. The Morgan fingerprint density at radius 2 is 1.86 bits per heavy atom. The van der Waals surface area contributed by atoms with Crippen LogP contribution in [0.3, 0.4) is 0 Å². The maximum absolute atomic E-state index is 7.57. The second-order valence-electron chi connectivity index (χ2n) is 4.72. The van der Waals surface area contributed by atoms with Crippen LogP contribution in [0.5, 0.6) is 0 Å². The highest BCUT2D eigenvalue weighted by Gasteiger charge is 2.07. The number of nitrogens with zero attached hydrogens (tertiary/aromatic N) is 1. The van der Waals surface area contributed by atoms with Gasteiger partial charge in [-0.1, -0.05) is 36.4 Å². The van der Waals surface area contributed by atoms with E-state index in [2.05, 4.69) is 35.3 Å². The smallest absolute Gasteiger partial charge is 0.142 e. The normalized spacial score (nSPS) is 10.7. The zero-order valence-corrected chi connectivity index (χ0v) is 12.2. The number of nitrogens with one attached hydrogen (secondary N) is 1. The van der Waals surface area contributed by atoms with E-state index >= 15 is 0 Å². The van der Waals surface area contributed by atoms with Crippen LogP contribution < -0.4 is 5.73 Å². The molecular weight excluding hydrogens is 278 g/mol. The lowest BCUT2D eigenvalue weighted by molar-refractivity contribution is 1.19. The van der Waals surface area contributed by atoms with Crippen LogP contribution in [0.2, 0.25) is 0 Å². The molecule has 3 aromatic rings. The molecular formula is C17H15N3S. The summed E-state index contributed by atoms with van der Waals surface area (Å²) in [6, 6.07) is 18.6. The number of thioether (sulfide) groups is 1. The van der Waals surface area contributed by atoms with Crippen molar-refractivity contribution in [2.24, 2.45) is 5.73 Å². The van der Waals surface area contributed by atoms with Gasteiger partial charge in [0.25, 0.3) is 0 Å². The number of aromatic nitrogens is 1. The van der Waals surface area contributed by atoms with Gasteiger partial charge in [-0.3, -0.25) is 10.4 Å². The second kappa shape index (κ2) is 5.97. The highest BCUT2D eigenvalue weighted by Crippen LogP contribution is 2.27. The molecule has 0 aliphatic carbocycles. The summed E-state index contributed by atoms with van der Waals surface area (Å²) >= 11 is 1.73. The van der Waals surface area contributed by atoms with Crippen molar-refractivity contribution in [2.75, 3.05) is 0 Å². The van der Waals surface area contributed by atoms with E-state index in [0.29, 0.717) is 5.69 Å². The number of pyridine rings is 1. The van der Waals surface area contributed by atoms with Gasteiger partial charge in [-0.2, -0.15) is 0 Å². The molecule has 21 heavy (non-hydrogen) atoms. The number of hydrogen-bond acceptors (Lipinski definition) is 3. The summed E-state index contributed by atoms with van der Waals surface area (Å²) < 4.78 is 0. The minimum absolute atomic E-state index is 0.0183. The van der Waals surface area contributed by atoms with Gasteiger partial charge in [0.15, 0.2) is 0 Å². The van der Waals surface area contributed by atoms with E-state index < -0.39 is 0 Å². The molecule has 4 heteroatoms. The monoisotopic (exact) mass is 293 g/mol. The van der Waals surface area contributed by atoms with Crippen LogP contribution in [0, 0.1) is 5.41 Å². The lowest BCUT2D eigenvalue weighted by atomic mass is 10.1. The largest absolute Gasteiger partial charge is 0.382 e. The third-order valence-electron chi connectivity index (χ3n) is 3.26. The van der Waals surface area contributed by atoms with E-state index in [4.69, 9.17) is 11.1 Å². The summed E-state index contributed by atoms with van der Waals surface area (Å²) in [5.41, 5.74) is 7.13. The lowest BCUT2D eigenvalue weighted by Gasteiger charge is -2.07. The zero-order valence-electron chi connectivity index (χ0n) is 11.4. The van der Waals surface area contributed by atoms with Gasteiger partial charge >= 0.3 is 0 Å². The highest BCUT2D eigenvalue weighted by molar-refractivity contribution is 7.98. The molecule has 0 spiro atoms. The molecule has 0 fully saturated rings. The van der Waals surface area contributed by atoms with Gasteiger partial charge in [-0.15, -0.1) is 11.8 Å². The molecule has 1 heterocycles. The summed E-state index contributed by atoms with van der Waals surface area (Å²) in [5, 5.41) is 10.1. The maximum atomic E-state index is 7.57. The van der Waals surface area contributed by atoms with Gasteiger partial charge in [0, 0.05) is 16.8 Å². The van der Waals surface area contributed by atoms with Crippen molar-refractivity contribution in [1.82, 2.24) is 4.98 Å². The first-order chi connectivity index (χ1) is 10.2. The number of nitrogens with two attached hydrogens (primary N) is 1. The van der Waals surface area contributed by atoms with Crippen LogP contribution in [0.15, 0.2) is 65.7 Å². The number of nitrogen functional groups attached to an aromatic ring is 1. The number of benzene rings is 2. The fourth-order valence-electron chi connectivity index (χ4n) is 2.22. The molecule has 0 bridgehead atoms. The molecule has 0 aliphatic rings. The van der Waals surface area contributed by atoms with Crippen LogP contribution in [0.1, 0.15) is 11.3 Å². The van der Waals surface area contributed by atoms with E-state index in [-0.39, 0.29) is 5.84 Å². The molecule has 0 saturated heterocycles. The van der Waals surface area contributed by atoms with Crippen molar-refractivity contribution in [3.05, 3.63) is 72.1 Å². The van der Waals surface area contributed by atoms with Crippen molar-refractivity contribution >= 4 is 28.4 Å². The second-order valence-corrected chi connectivity index (χ2v) is 5.77. The Hall–Kier alpha value is -2.33. The third kappa shape index (κ3) is 3.06. The molecule has 0 saturated carbocycles. The van der Waals surface area contributed by atoms with E-state index in [9.17, 15) is 0 Å². The molecule has 1 aromatic heterocycles. The van der Waals surface area contributed by atoms with Gasteiger partial charge in [0.2, 0.25) is 0 Å². The van der Waals surface area contributed by atoms with Crippen molar-refractivity contribution in [3.8, 4) is 0 Å². The first-order valence-corrected chi connectivity index (χ1v) is 7.62. The molecule has 0 radical (unpaired) electrons. The Balaban J connectivity index is 1.82. The van der Waals surface area contributed by atoms with Gasteiger partial charge in [-0.05, 0) is 34.5 Å². The van der Waals surface area contributed by atoms with Gasteiger partial charge in [-0.25, -0.2) is 0 Å². The van der Waals surface area contributed by atoms with Crippen molar-refractivity contribution in [3.63, 3.8) is 0 Å². The van der Waals surface area contributed by atoms with Crippen molar-refractivity contribution < 1.29 is 0 Å². The van der Waals surface area contributed by atoms with Crippen LogP contribution in [-0.2, 0) is 5.75 Å². The lowest BCUT2D eigenvalue weighted by Crippen LogP contribution is -2.15. The van der Waals surface area contributed by atoms with E-state index in [1.54, 1.807) is 18.0 Å². The zero-order chi connectivity index (χ0) is 14.7. The topological polar surface area (TPSA) is 62.8 Å². The van der Waals surface area contributed by atoms with Crippen LogP contribution in [0.25, 0.3) is 10.8 Å². The third-order valence-corrected chi connectivity index (χ3v) is 4.30. The molecule has 2 aromatic carbocycles. The summed E-state index contributed by atoms with van der Waals surface area (Å²) in [6.07, 6.45) is 1.67. The molecule has 3 nitrogen and oxygen atoms in total. The Labute approximate surface area is 127 Å². The van der Waals surface area contributed by atoms with Crippen LogP contribution >= 0.6 is 11.8 Å². The highest BCUT2D eigenvalue weighted by atomic mass is 32.2. The van der Waals surface area contributed by atoms with E-state index in [1.807, 2.05) is 24.3 Å². The Bertz CT molecular complexity index is 799. The van der Waals surface area contributed by atoms with Gasteiger partial charge in [0.05, 0.1) is 0 Å². The molecule has 3 rings (SSSR count). The predicted molar refractivity (Wildman–Crippen MR) is 88.8 cm³/mol. The van der Waals surface area contributed by atoms with E-state index in [0.717, 1.165) is 11.3 Å². The predicted octanol–water partition coefficient (Wildman–Crippen LogP) is 3.81. The molecule has 0 amide bonds. The minimum Gasteiger partial charge on any atom is -0.382 e. The fraction of sp³-hybridized carbons (Fsp3) is 0.0588. The van der Waals surface area contributed by atoms with Crippen molar-refractivity contribution in [1.29, 1.82) is 5.41 Å².